The van der Waals surface area contributed by atoms with Crippen LogP contribution in [0.1, 0.15) is 0 Å². The molecule has 0 unspecified atom stereocenters. The number of hydrogen-bond donors (Lipinski definition) is 0. The molecule has 4 heteroatoms. The predicted molar refractivity (Wildman–Crippen MR) is 6.41 cm³/mol. The fourth-order valence-corrected chi connectivity index (χ4v) is 0. The first kappa shape index (κ1) is 60.9. The van der Waals surface area contributed by atoms with Crippen LogP contribution >= 0.6 is 0 Å². The summed E-state index contributed by atoms with van der Waals surface area (Å²) in [5, 5.41) is 0. The van der Waals surface area contributed by atoms with E-state index in [4.69, 9.17) is 0 Å². The van der Waals surface area contributed by atoms with Crippen molar-refractivity contribution in [1.82, 2.24) is 0 Å². The third-order valence-corrected chi connectivity index (χ3v) is 0. The van der Waals surface area contributed by atoms with Gasteiger partial charge in [-0.15, -0.1) is 0 Å². The maximum atomic E-state index is 0. The van der Waals surface area contributed by atoms with Crippen molar-refractivity contribution in [3.8, 4) is 0 Å². The maximum absolute atomic E-state index is 0. The van der Waals surface area contributed by atoms with Crippen LogP contribution in [0.2, 0.25) is 0 Å². The average molecular weight is 244 g/mol. The molecule has 0 aliphatic rings. The summed E-state index contributed by atoms with van der Waals surface area (Å²) >= 11 is 0. The van der Waals surface area contributed by atoms with Crippen molar-refractivity contribution < 1.29 is 68.0 Å². The first-order chi connectivity index (χ1) is 0. The smallest absolute Gasteiger partial charge is 0 e. The zero-order valence-corrected chi connectivity index (χ0v) is 6.79. The second-order valence-corrected chi connectivity index (χ2v) is 0. The normalized spacial score (nSPS) is 0. The Hall–Kier alpha value is 2.06. The molecule has 0 N–H and O–H groups in total. The van der Waals surface area contributed by atoms with Crippen molar-refractivity contribution in [2.45, 2.75) is 0 Å². The van der Waals surface area contributed by atoms with E-state index in [2.05, 4.69) is 0 Å². The molecule has 0 aliphatic carbocycles. The third-order valence-electron chi connectivity index (χ3n) is 0. The van der Waals surface area contributed by atoms with Crippen LogP contribution in [0.25, 0.3) is 0 Å². The monoisotopic (exact) mass is 243 g/mol. The maximum Gasteiger partial charge on any atom is 0 e. The topological polar surface area (TPSA) is 0 Å². The van der Waals surface area contributed by atoms with Gasteiger partial charge in [0.1, 0.15) is 0 Å². The van der Waals surface area contributed by atoms with Crippen LogP contribution in [0, 0.1) is 7.43 Å². The van der Waals surface area contributed by atoms with Gasteiger partial charge in [-0.3, -0.25) is 0 Å². The molecular weight excluding hydrogens is 241 g/mol. The Bertz CT molecular complexity index is 11.6. The largest absolute Gasteiger partial charge is 0.358 e. The van der Waals surface area contributed by atoms with Crippen molar-refractivity contribution in [2.75, 3.05) is 0 Å². The van der Waals surface area contributed by atoms with Crippen LogP contribution in [0.3, 0.4) is 0 Å². The van der Waals surface area contributed by atoms with E-state index in [1.54, 1.807) is 0 Å². The minimum absolute atomic E-state index is 0. The Kier molecular flexibility index (Phi) is 445. The summed E-state index contributed by atoms with van der Waals surface area (Å²) in [4.78, 5) is 0. The molecule has 0 spiro atoms. The van der Waals surface area contributed by atoms with Gasteiger partial charge < -0.3 is 7.43 Å². The molecule has 0 rings (SSSR count). The molecule has 0 amide bonds. The fourth-order valence-electron chi connectivity index (χ4n) is 0. The quantitative estimate of drug-likeness (QED) is 0.428. The van der Waals surface area contributed by atoms with Crippen molar-refractivity contribution >= 4 is 0 Å². The first-order valence-electron chi connectivity index (χ1n) is 0. The molecule has 0 atom stereocenters. The van der Waals surface area contributed by atoms with Gasteiger partial charge in [0, 0.05) is 68.0 Å². The molecule has 0 nitrogen and oxygen atoms in total. The average Bonchev–Trinajstić information content (AvgIpc) is 0. The van der Waals surface area contributed by atoms with E-state index in [0.29, 0.717) is 0 Å². The second kappa shape index (κ2) is 36.5. The van der Waals surface area contributed by atoms with Gasteiger partial charge in [0.2, 0.25) is 0 Å². The van der Waals surface area contributed by atoms with Gasteiger partial charge in [0.25, 0.3) is 0 Å². The standard InChI is InChI=1S/CH3.Cr.Cu.Mn.Ni/h1H3;;;;/q-1;;;;. The van der Waals surface area contributed by atoms with Gasteiger partial charge in [-0.1, -0.05) is 0 Å². The number of rotatable bonds is 0. The van der Waals surface area contributed by atoms with E-state index >= 15 is 0 Å². The Balaban J connectivity index is 0. The van der Waals surface area contributed by atoms with E-state index < -0.39 is 0 Å². The first-order valence-corrected chi connectivity index (χ1v) is 0. The summed E-state index contributed by atoms with van der Waals surface area (Å²) < 4.78 is 0. The summed E-state index contributed by atoms with van der Waals surface area (Å²) in [7, 11) is 0. The Labute approximate surface area is 74.9 Å². The third kappa shape index (κ3) is 23.5. The second-order valence-electron chi connectivity index (χ2n) is 0. The van der Waals surface area contributed by atoms with Crippen molar-refractivity contribution in [3.63, 3.8) is 0 Å². The summed E-state index contributed by atoms with van der Waals surface area (Å²) in [5.41, 5.74) is 0. The summed E-state index contributed by atoms with van der Waals surface area (Å²) in [6.45, 7) is 0. The van der Waals surface area contributed by atoms with Gasteiger partial charge >= 0.3 is 0 Å². The number of hydrogen-bond acceptors (Lipinski definition) is 0. The molecule has 0 heterocycles. The van der Waals surface area contributed by atoms with Gasteiger partial charge in [0.05, 0.1) is 0 Å². The Morgan fingerprint density at radius 2 is 1.00 bits per heavy atom. The zero-order chi connectivity index (χ0) is 0. The molecule has 0 aromatic rings. The van der Waals surface area contributed by atoms with E-state index in [1.807, 2.05) is 0 Å². The van der Waals surface area contributed by atoms with E-state index in [-0.39, 0.29) is 75.4 Å². The van der Waals surface area contributed by atoms with Gasteiger partial charge in [-0.05, 0) is 0 Å². The molecule has 0 saturated heterocycles. The molecule has 0 aromatic carbocycles. The van der Waals surface area contributed by atoms with Crippen molar-refractivity contribution in [1.29, 1.82) is 0 Å². The fraction of sp³-hybridized carbons (Fsp3) is 0. The van der Waals surface area contributed by atoms with E-state index in [1.165, 1.54) is 0 Å². The van der Waals surface area contributed by atoms with Crippen LogP contribution in [0.4, 0.5) is 0 Å². The summed E-state index contributed by atoms with van der Waals surface area (Å²) in [5.74, 6) is 0. The molecule has 0 aromatic heterocycles. The van der Waals surface area contributed by atoms with Crippen LogP contribution in [-0.4, -0.2) is 0 Å². The molecule has 0 saturated carbocycles. The molecule has 0 aliphatic heterocycles. The van der Waals surface area contributed by atoms with Crippen LogP contribution < -0.4 is 0 Å². The Morgan fingerprint density at radius 1 is 1.00 bits per heavy atom. The van der Waals surface area contributed by atoms with Gasteiger partial charge in [-0.2, -0.15) is 0 Å². The Morgan fingerprint density at radius 3 is 1.00 bits per heavy atom. The molecule has 42 valence electrons. The molecule has 5 heavy (non-hydrogen) atoms. The minimum Gasteiger partial charge on any atom is -0.358 e. The van der Waals surface area contributed by atoms with E-state index in [0.717, 1.165) is 0 Å². The zero-order valence-electron chi connectivity index (χ0n) is 2.40. The molecule has 2 radical (unpaired) electrons. The van der Waals surface area contributed by atoms with Crippen molar-refractivity contribution in [2.24, 2.45) is 0 Å². The molecular formula is CH3CrCuMnNi-. The molecule has 0 bridgehead atoms. The molecule has 0 fully saturated rings. The van der Waals surface area contributed by atoms with Gasteiger partial charge in [0.15, 0.2) is 0 Å². The van der Waals surface area contributed by atoms with Crippen LogP contribution in [0.5, 0.6) is 0 Å². The van der Waals surface area contributed by atoms with Gasteiger partial charge in [-0.25, -0.2) is 0 Å². The van der Waals surface area contributed by atoms with Crippen molar-refractivity contribution in [3.05, 3.63) is 7.43 Å². The minimum atomic E-state index is 0. The van der Waals surface area contributed by atoms with Crippen LogP contribution in [-0.2, 0) is 68.0 Å². The SMILES string of the molecule is [CH3-].[Cr].[Cu].[Mn].[Ni]. The van der Waals surface area contributed by atoms with Crippen LogP contribution in [0.15, 0.2) is 0 Å². The summed E-state index contributed by atoms with van der Waals surface area (Å²) in [6.07, 6.45) is 0. The summed E-state index contributed by atoms with van der Waals surface area (Å²) in [6, 6.07) is 0. The van der Waals surface area contributed by atoms with E-state index in [9.17, 15) is 0 Å². The predicted octanol–water partition coefficient (Wildman–Crippen LogP) is 0.440.